The minimum Gasteiger partial charge on any atom is -0.357 e. The zero-order chi connectivity index (χ0) is 21.5. The highest BCUT2D eigenvalue weighted by Crippen LogP contribution is 2.16. The highest BCUT2D eigenvalue weighted by atomic mass is 35.5. The number of benzene rings is 3. The fourth-order valence-corrected chi connectivity index (χ4v) is 2.46. The maximum absolute atomic E-state index is 13.6. The van der Waals surface area contributed by atoms with Gasteiger partial charge in [0.15, 0.2) is 5.75 Å². The van der Waals surface area contributed by atoms with Crippen LogP contribution in [-0.2, 0) is 0 Å². The molecule has 0 saturated carbocycles. The Bertz CT molecular complexity index is 1070. The van der Waals surface area contributed by atoms with E-state index in [2.05, 4.69) is 10.5 Å². The molecule has 0 aliphatic carbocycles. The average molecular weight is 430 g/mol. The number of hydrogen-bond donors (Lipinski definition) is 2. The number of nitrogens with zero attached hydrogens (tertiary/aromatic N) is 1. The molecular weight excluding hydrogens is 416 g/mol. The Morgan fingerprint density at radius 3 is 2.20 bits per heavy atom. The smallest absolute Gasteiger partial charge is 0.326 e. The second-order valence-electron chi connectivity index (χ2n) is 5.91. The Labute approximate surface area is 175 Å². The van der Waals surface area contributed by atoms with Crippen LogP contribution in [-0.4, -0.2) is 18.2 Å². The molecule has 0 aliphatic rings. The summed E-state index contributed by atoms with van der Waals surface area (Å²) in [6.45, 7) is 0. The molecule has 0 bridgehead atoms. The summed E-state index contributed by atoms with van der Waals surface area (Å²) in [4.78, 5) is 29.0. The van der Waals surface area contributed by atoms with Crippen LogP contribution in [0, 0.1) is 11.6 Å². The monoisotopic (exact) mass is 429 g/mol. The summed E-state index contributed by atoms with van der Waals surface area (Å²) in [5.41, 5.74) is 0.199. The van der Waals surface area contributed by atoms with E-state index < -0.39 is 29.1 Å². The number of oxime groups is 1. The molecule has 0 aromatic heterocycles. The van der Waals surface area contributed by atoms with Crippen LogP contribution in [0.15, 0.2) is 71.9 Å². The third kappa shape index (κ3) is 5.62. The number of hydrogen-bond acceptors (Lipinski definition) is 4. The third-order valence-corrected chi connectivity index (χ3v) is 4.01. The SMILES string of the molecule is O=C(NC(=O)c1c(F)cccc1F)Nc1ccc(/C=N/Oc2ccc(Cl)cc2)cc1. The van der Waals surface area contributed by atoms with Gasteiger partial charge in [0.05, 0.1) is 6.21 Å². The fraction of sp³-hybridized carbons (Fsp3) is 0. The first-order valence-electron chi connectivity index (χ1n) is 8.55. The van der Waals surface area contributed by atoms with Crippen molar-refractivity contribution in [2.75, 3.05) is 5.32 Å². The molecule has 0 spiro atoms. The highest BCUT2D eigenvalue weighted by Gasteiger charge is 2.19. The number of amides is 3. The van der Waals surface area contributed by atoms with Crippen LogP contribution in [0.4, 0.5) is 19.3 Å². The minimum absolute atomic E-state index is 0.352. The van der Waals surface area contributed by atoms with Crippen molar-refractivity contribution < 1.29 is 23.2 Å². The maximum Gasteiger partial charge on any atom is 0.326 e. The van der Waals surface area contributed by atoms with Gasteiger partial charge in [-0.2, -0.15) is 0 Å². The van der Waals surface area contributed by atoms with Gasteiger partial charge in [-0.3, -0.25) is 10.1 Å². The lowest BCUT2D eigenvalue weighted by atomic mass is 10.2. The molecule has 0 aliphatic heterocycles. The van der Waals surface area contributed by atoms with E-state index in [-0.39, 0.29) is 0 Å². The minimum atomic E-state index is -1.19. The second-order valence-corrected chi connectivity index (χ2v) is 6.34. The Kier molecular flexibility index (Phi) is 6.71. The summed E-state index contributed by atoms with van der Waals surface area (Å²) in [5.74, 6) is -2.80. The van der Waals surface area contributed by atoms with Crippen LogP contribution < -0.4 is 15.5 Å². The largest absolute Gasteiger partial charge is 0.357 e. The van der Waals surface area contributed by atoms with Crippen molar-refractivity contribution in [1.29, 1.82) is 0 Å². The molecule has 0 saturated heterocycles. The van der Waals surface area contributed by atoms with Gasteiger partial charge in [0, 0.05) is 10.7 Å². The summed E-state index contributed by atoms with van der Waals surface area (Å²) >= 11 is 5.78. The number of imide groups is 1. The Morgan fingerprint density at radius 2 is 1.57 bits per heavy atom. The first-order valence-corrected chi connectivity index (χ1v) is 8.92. The zero-order valence-corrected chi connectivity index (χ0v) is 16.0. The lowest BCUT2D eigenvalue weighted by molar-refractivity contribution is 0.0959. The molecule has 3 aromatic rings. The maximum atomic E-state index is 13.6. The molecule has 3 rings (SSSR count). The van der Waals surface area contributed by atoms with Crippen LogP contribution in [0.25, 0.3) is 0 Å². The molecular formula is C21H14ClF2N3O3. The normalized spacial score (nSPS) is 10.6. The summed E-state index contributed by atoms with van der Waals surface area (Å²) in [7, 11) is 0. The van der Waals surface area contributed by atoms with Crippen molar-refractivity contribution in [2.45, 2.75) is 0 Å². The van der Waals surface area contributed by atoms with Gasteiger partial charge < -0.3 is 10.2 Å². The van der Waals surface area contributed by atoms with Gasteiger partial charge in [-0.15, -0.1) is 0 Å². The van der Waals surface area contributed by atoms with Crippen LogP contribution >= 0.6 is 11.6 Å². The Balaban J connectivity index is 1.54. The van der Waals surface area contributed by atoms with Gasteiger partial charge >= 0.3 is 6.03 Å². The first-order chi connectivity index (χ1) is 14.4. The highest BCUT2D eigenvalue weighted by molar-refractivity contribution is 6.30. The van der Waals surface area contributed by atoms with Gasteiger partial charge in [0.25, 0.3) is 5.91 Å². The number of carbonyl (C=O) groups excluding carboxylic acids is 2. The zero-order valence-electron chi connectivity index (χ0n) is 15.2. The van der Waals surface area contributed by atoms with Crippen molar-refractivity contribution >= 4 is 35.4 Å². The number of carbonyl (C=O) groups is 2. The summed E-state index contributed by atoms with van der Waals surface area (Å²) in [5, 5.41) is 8.69. The van der Waals surface area contributed by atoms with Gasteiger partial charge in [0.2, 0.25) is 0 Å². The fourth-order valence-electron chi connectivity index (χ4n) is 2.34. The number of halogens is 3. The van der Waals surface area contributed by atoms with Crippen molar-refractivity contribution in [3.05, 3.63) is 94.5 Å². The molecule has 0 fully saturated rings. The number of rotatable bonds is 5. The summed E-state index contributed by atoms with van der Waals surface area (Å²) < 4.78 is 27.2. The van der Waals surface area contributed by atoms with Crippen LogP contribution in [0.3, 0.4) is 0 Å². The van der Waals surface area contributed by atoms with E-state index in [9.17, 15) is 18.4 Å². The number of nitrogens with one attached hydrogen (secondary N) is 2. The van der Waals surface area contributed by atoms with E-state index in [1.54, 1.807) is 48.5 Å². The van der Waals surface area contributed by atoms with E-state index in [0.29, 0.717) is 22.0 Å². The van der Waals surface area contributed by atoms with E-state index in [1.165, 1.54) is 6.21 Å². The predicted molar refractivity (Wildman–Crippen MR) is 109 cm³/mol. The van der Waals surface area contributed by atoms with Gasteiger partial charge in [-0.1, -0.05) is 35.0 Å². The average Bonchev–Trinajstić information content (AvgIpc) is 2.70. The Hall–Kier alpha value is -3.78. The summed E-state index contributed by atoms with van der Waals surface area (Å²) in [6, 6.07) is 15.1. The van der Waals surface area contributed by atoms with Gasteiger partial charge in [0.1, 0.15) is 17.2 Å². The standard InChI is InChI=1S/C21H14ClF2N3O3/c22-14-6-10-16(11-7-14)30-25-12-13-4-8-15(9-5-13)26-21(29)27-20(28)19-17(23)2-1-3-18(19)24/h1-12H,(H2,26,27,28,29)/b25-12+. The van der Waals surface area contributed by atoms with Gasteiger partial charge in [-0.25, -0.2) is 13.6 Å². The second kappa shape index (κ2) is 9.62. The first kappa shape index (κ1) is 20.9. The molecule has 0 heterocycles. The predicted octanol–water partition coefficient (Wildman–Crippen LogP) is 4.99. The molecule has 9 heteroatoms. The van der Waals surface area contributed by atoms with E-state index in [4.69, 9.17) is 16.4 Å². The molecule has 0 radical (unpaired) electrons. The summed E-state index contributed by atoms with van der Waals surface area (Å²) in [6.07, 6.45) is 1.46. The lowest BCUT2D eigenvalue weighted by Crippen LogP contribution is -2.35. The van der Waals surface area contributed by atoms with Crippen LogP contribution in [0.2, 0.25) is 5.02 Å². The number of urea groups is 1. The molecule has 0 atom stereocenters. The van der Waals surface area contributed by atoms with Crippen molar-refractivity contribution in [3.8, 4) is 5.75 Å². The topological polar surface area (TPSA) is 79.8 Å². The van der Waals surface area contributed by atoms with Crippen LogP contribution in [0.5, 0.6) is 5.75 Å². The Morgan fingerprint density at radius 1 is 0.933 bits per heavy atom. The number of anilines is 1. The van der Waals surface area contributed by atoms with Crippen molar-refractivity contribution in [1.82, 2.24) is 5.32 Å². The molecule has 0 unspecified atom stereocenters. The molecule has 2 N–H and O–H groups in total. The van der Waals surface area contributed by atoms with E-state index >= 15 is 0 Å². The van der Waals surface area contributed by atoms with E-state index in [0.717, 1.165) is 18.2 Å². The molecule has 6 nitrogen and oxygen atoms in total. The van der Waals surface area contributed by atoms with Gasteiger partial charge in [-0.05, 0) is 54.1 Å². The van der Waals surface area contributed by atoms with Crippen LogP contribution in [0.1, 0.15) is 15.9 Å². The van der Waals surface area contributed by atoms with Crippen molar-refractivity contribution in [3.63, 3.8) is 0 Å². The molecule has 30 heavy (non-hydrogen) atoms. The lowest BCUT2D eigenvalue weighted by Gasteiger charge is -2.08. The molecule has 152 valence electrons. The van der Waals surface area contributed by atoms with Crippen molar-refractivity contribution in [2.24, 2.45) is 5.16 Å². The quantitative estimate of drug-likeness (QED) is 0.443. The molecule has 3 aromatic carbocycles. The third-order valence-electron chi connectivity index (χ3n) is 3.76. The molecule has 3 amide bonds. The van der Waals surface area contributed by atoms with E-state index in [1.807, 2.05) is 5.32 Å².